The van der Waals surface area contributed by atoms with E-state index in [1.807, 2.05) is 30.3 Å². The van der Waals surface area contributed by atoms with Crippen molar-refractivity contribution < 1.29 is 13.2 Å². The fourth-order valence-corrected chi connectivity index (χ4v) is 4.32. The van der Waals surface area contributed by atoms with Crippen molar-refractivity contribution in [3.05, 3.63) is 65.7 Å². The van der Waals surface area contributed by atoms with Crippen LogP contribution in [0.4, 0.5) is 0 Å². The maximum atomic E-state index is 12.7. The zero-order valence-electron chi connectivity index (χ0n) is 11.6. The summed E-state index contributed by atoms with van der Waals surface area (Å²) < 4.78 is 26.3. The van der Waals surface area contributed by atoms with Crippen LogP contribution in [0.1, 0.15) is 24.0 Å². The molecule has 1 aliphatic heterocycles. The van der Waals surface area contributed by atoms with Crippen molar-refractivity contribution in [1.82, 2.24) is 4.31 Å². The summed E-state index contributed by atoms with van der Waals surface area (Å²) in [5, 5.41) is 0. The molecule has 0 saturated carbocycles. The van der Waals surface area contributed by atoms with Crippen LogP contribution in [0.15, 0.2) is 59.5 Å². The highest BCUT2D eigenvalue weighted by atomic mass is 32.2. The second-order valence-corrected chi connectivity index (χ2v) is 6.93. The molecule has 1 atom stereocenters. The molecule has 0 N–H and O–H groups in total. The Balaban J connectivity index is 2.08. The Morgan fingerprint density at radius 2 is 1.62 bits per heavy atom. The summed E-state index contributed by atoms with van der Waals surface area (Å²) in [5.41, 5.74) is 1.37. The zero-order valence-corrected chi connectivity index (χ0v) is 12.4. The van der Waals surface area contributed by atoms with Gasteiger partial charge in [0, 0.05) is 0 Å². The van der Waals surface area contributed by atoms with Gasteiger partial charge in [0.2, 0.25) is 5.91 Å². The van der Waals surface area contributed by atoms with Crippen molar-refractivity contribution in [3.8, 4) is 0 Å². The monoisotopic (exact) mass is 301 g/mol. The van der Waals surface area contributed by atoms with Gasteiger partial charge in [-0.25, -0.2) is 12.7 Å². The molecule has 0 radical (unpaired) electrons. The van der Waals surface area contributed by atoms with Gasteiger partial charge in [-0.1, -0.05) is 48.5 Å². The number of sulfonamides is 1. The Kier molecular flexibility index (Phi) is 3.29. The molecule has 4 nitrogen and oxygen atoms in total. The van der Waals surface area contributed by atoms with Gasteiger partial charge in [-0.3, -0.25) is 4.79 Å². The lowest BCUT2D eigenvalue weighted by molar-refractivity contribution is -0.128. The second-order valence-electron chi connectivity index (χ2n) is 5.10. The van der Waals surface area contributed by atoms with Crippen molar-refractivity contribution in [2.24, 2.45) is 0 Å². The van der Waals surface area contributed by atoms with Crippen LogP contribution in [0.3, 0.4) is 0 Å². The summed E-state index contributed by atoms with van der Waals surface area (Å²) in [4.78, 5) is 12.7. The van der Waals surface area contributed by atoms with Crippen LogP contribution in [-0.4, -0.2) is 18.6 Å². The van der Waals surface area contributed by atoms with Crippen LogP contribution in [0, 0.1) is 0 Å². The first-order valence-corrected chi connectivity index (χ1v) is 8.15. The maximum absolute atomic E-state index is 12.7. The molecule has 0 saturated heterocycles. The molecule has 0 fully saturated rings. The molecule has 2 aromatic rings. The summed E-state index contributed by atoms with van der Waals surface area (Å²) in [6.07, 6.45) is 0. The molecule has 0 spiro atoms. The van der Waals surface area contributed by atoms with Crippen LogP contribution >= 0.6 is 0 Å². The van der Waals surface area contributed by atoms with Gasteiger partial charge in [-0.2, -0.15) is 0 Å². The molecule has 2 aromatic carbocycles. The lowest BCUT2D eigenvalue weighted by atomic mass is 10.00. The first-order valence-electron chi connectivity index (χ1n) is 6.71. The Labute approximate surface area is 124 Å². The highest BCUT2D eigenvalue weighted by Crippen LogP contribution is 2.34. The van der Waals surface area contributed by atoms with Gasteiger partial charge in [-0.05, 0) is 24.1 Å². The molecule has 5 heteroatoms. The fraction of sp³-hybridized carbons (Fsp3) is 0.188. The number of amides is 1. The van der Waals surface area contributed by atoms with Crippen molar-refractivity contribution >= 4 is 15.9 Å². The van der Waals surface area contributed by atoms with Crippen LogP contribution in [0.25, 0.3) is 0 Å². The number of rotatable bonds is 2. The molecule has 1 heterocycles. The number of carbonyl (C=O) groups excluding carboxylic acids is 1. The van der Waals surface area contributed by atoms with E-state index in [0.717, 1.165) is 9.87 Å². The van der Waals surface area contributed by atoms with E-state index in [2.05, 4.69) is 0 Å². The number of hydrogen-bond acceptors (Lipinski definition) is 3. The third kappa shape index (κ3) is 2.23. The maximum Gasteiger partial charge on any atom is 0.267 e. The second kappa shape index (κ2) is 5.00. The summed E-state index contributed by atoms with van der Waals surface area (Å²) >= 11 is 0. The van der Waals surface area contributed by atoms with E-state index in [1.165, 1.54) is 0 Å². The largest absolute Gasteiger partial charge is 0.273 e. The van der Waals surface area contributed by atoms with Crippen molar-refractivity contribution in [3.63, 3.8) is 0 Å². The molecule has 1 unspecified atom stereocenters. The molecule has 0 bridgehead atoms. The van der Waals surface area contributed by atoms with Gasteiger partial charge < -0.3 is 0 Å². The Hall–Kier alpha value is -2.14. The van der Waals surface area contributed by atoms with Gasteiger partial charge in [-0.15, -0.1) is 0 Å². The zero-order chi connectivity index (χ0) is 15.0. The first-order chi connectivity index (χ1) is 10.0. The minimum Gasteiger partial charge on any atom is -0.273 e. The van der Waals surface area contributed by atoms with Crippen LogP contribution in [0.5, 0.6) is 0 Å². The van der Waals surface area contributed by atoms with Gasteiger partial charge in [0.05, 0.1) is 17.4 Å². The molecular formula is C16H15NO3S. The highest BCUT2D eigenvalue weighted by Gasteiger charge is 2.40. The fourth-order valence-electron chi connectivity index (χ4n) is 2.57. The topological polar surface area (TPSA) is 54.5 Å². The van der Waals surface area contributed by atoms with Crippen LogP contribution in [-0.2, 0) is 21.4 Å². The third-order valence-corrected chi connectivity index (χ3v) is 5.56. The van der Waals surface area contributed by atoms with Gasteiger partial charge in [0.1, 0.15) is 0 Å². The van der Waals surface area contributed by atoms with E-state index >= 15 is 0 Å². The van der Waals surface area contributed by atoms with Crippen molar-refractivity contribution in [2.45, 2.75) is 24.3 Å². The lowest BCUT2D eigenvalue weighted by Crippen LogP contribution is -2.43. The Bertz CT molecular complexity index is 784. The normalized spacial score (nSPS) is 20.1. The average Bonchev–Trinajstić information content (AvgIpc) is 2.51. The van der Waals surface area contributed by atoms with E-state index in [4.69, 9.17) is 0 Å². The first kappa shape index (κ1) is 13.8. The predicted octanol–water partition coefficient (Wildman–Crippen LogP) is 2.52. The van der Waals surface area contributed by atoms with Crippen molar-refractivity contribution in [2.75, 3.05) is 0 Å². The SMILES string of the molecule is CC1C(=O)N(Cc2ccccc2)S(=O)(=O)c2ccccc21. The van der Waals surface area contributed by atoms with Crippen LogP contribution < -0.4 is 0 Å². The molecule has 0 aliphatic carbocycles. The summed E-state index contributed by atoms with van der Waals surface area (Å²) in [5.74, 6) is -0.828. The van der Waals surface area contributed by atoms with Crippen molar-refractivity contribution in [1.29, 1.82) is 0 Å². The van der Waals surface area contributed by atoms with Crippen LogP contribution in [0.2, 0.25) is 0 Å². The van der Waals surface area contributed by atoms with E-state index in [9.17, 15) is 13.2 Å². The minimum atomic E-state index is -3.78. The third-order valence-electron chi connectivity index (χ3n) is 3.74. The standard InChI is InChI=1S/C16H15NO3S/c1-12-14-9-5-6-10-15(14)21(19,20)17(16(12)18)11-13-7-3-2-4-8-13/h2-10,12H,11H2,1H3. The van der Waals surface area contributed by atoms with Gasteiger partial charge in [0.25, 0.3) is 10.0 Å². The number of hydrogen-bond donors (Lipinski definition) is 0. The minimum absolute atomic E-state index is 0.0701. The number of fused-ring (bicyclic) bond motifs is 1. The van der Waals surface area contributed by atoms with E-state index in [1.54, 1.807) is 31.2 Å². The summed E-state index contributed by atoms with van der Waals surface area (Å²) in [6, 6.07) is 15.8. The van der Waals surface area contributed by atoms with E-state index in [-0.39, 0.29) is 17.3 Å². The van der Waals surface area contributed by atoms with Gasteiger partial charge in [0.15, 0.2) is 0 Å². The van der Waals surface area contributed by atoms with Gasteiger partial charge >= 0.3 is 0 Å². The molecule has 21 heavy (non-hydrogen) atoms. The quantitative estimate of drug-likeness (QED) is 0.856. The smallest absolute Gasteiger partial charge is 0.267 e. The van der Waals surface area contributed by atoms with E-state index in [0.29, 0.717) is 5.56 Å². The number of nitrogens with zero attached hydrogens (tertiary/aromatic N) is 1. The number of benzene rings is 2. The highest BCUT2D eigenvalue weighted by molar-refractivity contribution is 7.89. The molecule has 108 valence electrons. The predicted molar refractivity (Wildman–Crippen MR) is 79.0 cm³/mol. The average molecular weight is 301 g/mol. The molecule has 1 amide bonds. The molecular weight excluding hydrogens is 286 g/mol. The lowest BCUT2D eigenvalue weighted by Gasteiger charge is -2.31. The Morgan fingerprint density at radius 1 is 1.00 bits per heavy atom. The molecule has 0 aromatic heterocycles. The molecule has 3 rings (SSSR count). The summed E-state index contributed by atoms with van der Waals surface area (Å²) in [6.45, 7) is 1.81. The molecule has 1 aliphatic rings. The number of carbonyl (C=O) groups is 1. The van der Waals surface area contributed by atoms with E-state index < -0.39 is 15.9 Å². The Morgan fingerprint density at radius 3 is 2.33 bits per heavy atom. The summed E-state index contributed by atoms with van der Waals surface area (Å²) in [7, 11) is -3.78.